The molecule has 5 fully saturated rings. The number of methoxy groups -OCH3 is 1. The number of aromatic hydroxyl groups is 3. The number of aliphatic hydroxyl groups is 3. The number of hydrogen-bond acceptors (Lipinski definition) is 8. The zero-order chi connectivity index (χ0) is 44.2. The average Bonchev–Trinajstić information content (AvgIpc) is 4.06. The van der Waals surface area contributed by atoms with Crippen molar-refractivity contribution in [3.63, 3.8) is 0 Å². The first-order valence-corrected chi connectivity index (χ1v) is 24.6. The van der Waals surface area contributed by atoms with Crippen LogP contribution >= 0.6 is 0 Å². The number of rotatable bonds is 10. The summed E-state index contributed by atoms with van der Waals surface area (Å²) in [5.74, 6) is 1.26. The standard InChI is InChI=1S/C55H69NO8/c1-63-53-43(25-33-21-24-56-30-33)50(44(31-57)51(60)52(53)61)49-29-47(59)40-17-14-37(28-48(40)64-49)36-16-19-46(58)42(27-36)41-26-35(34-9-5-6-10-34)15-18-45(41)55(62)23-20-39-13-7-8-22-54(39,32-55)38-11-3-2-4-12-38/h2-4,11-12,16,19-21,23-24,27,30,34-35,37,39-41,45,47-49,56-62H,5-10,13-15,17-18,22,25-26,28-29,31-32H2,1H3. The van der Waals surface area contributed by atoms with Crippen molar-refractivity contribution in [2.24, 2.45) is 29.6 Å². The van der Waals surface area contributed by atoms with E-state index in [9.17, 15) is 30.6 Å². The van der Waals surface area contributed by atoms with E-state index in [4.69, 9.17) is 9.47 Å². The highest BCUT2D eigenvalue weighted by Gasteiger charge is 2.54. The van der Waals surface area contributed by atoms with Gasteiger partial charge in [0.25, 0.3) is 0 Å². The summed E-state index contributed by atoms with van der Waals surface area (Å²) >= 11 is 0. The van der Waals surface area contributed by atoms with E-state index in [1.54, 1.807) is 0 Å². The van der Waals surface area contributed by atoms with E-state index in [0.717, 1.165) is 61.6 Å². The van der Waals surface area contributed by atoms with E-state index in [-0.39, 0.29) is 52.9 Å². The van der Waals surface area contributed by atoms with Gasteiger partial charge in [0.05, 0.1) is 37.6 Å². The molecule has 11 unspecified atom stereocenters. The SMILES string of the molecule is COc1c(O)c(O)c(CO)c(C2CC(O)C3CCC(c4ccc(O)c(C5CC(C6CCCC6)CCC5C5(O)C=CC6CCCCC6(c6ccccc6)C5)c4)CC3O2)c1Cc1cc[nH]c1. The molecule has 64 heavy (non-hydrogen) atoms. The van der Waals surface area contributed by atoms with E-state index < -0.39 is 35.9 Å². The van der Waals surface area contributed by atoms with Gasteiger partial charge < -0.3 is 45.1 Å². The highest BCUT2D eigenvalue weighted by Crippen LogP contribution is 2.60. The Hall–Kier alpha value is -4.28. The van der Waals surface area contributed by atoms with Gasteiger partial charge in [-0.3, -0.25) is 0 Å². The van der Waals surface area contributed by atoms with Crippen LogP contribution in [-0.2, 0) is 23.2 Å². The van der Waals surface area contributed by atoms with E-state index >= 15 is 0 Å². The molecular weight excluding hydrogens is 803 g/mol. The lowest BCUT2D eigenvalue weighted by Gasteiger charge is -2.55. The molecular formula is C55H69NO8. The van der Waals surface area contributed by atoms with Crippen molar-refractivity contribution in [1.29, 1.82) is 0 Å². The number of ether oxygens (including phenoxy) is 2. The number of aromatic nitrogens is 1. The van der Waals surface area contributed by atoms with Crippen molar-refractivity contribution in [3.8, 4) is 23.0 Å². The summed E-state index contributed by atoms with van der Waals surface area (Å²) in [7, 11) is 1.45. The van der Waals surface area contributed by atoms with Crippen LogP contribution in [0, 0.1) is 29.6 Å². The maximum atomic E-state index is 13.3. The third-order valence-corrected chi connectivity index (χ3v) is 17.7. The van der Waals surface area contributed by atoms with Crippen LogP contribution in [0.2, 0.25) is 0 Å². The van der Waals surface area contributed by atoms with Crippen molar-refractivity contribution >= 4 is 0 Å². The summed E-state index contributed by atoms with van der Waals surface area (Å²) in [6.07, 6.45) is 23.0. The third kappa shape index (κ3) is 7.76. The maximum absolute atomic E-state index is 13.3. The van der Waals surface area contributed by atoms with Gasteiger partial charge in [-0.05, 0) is 133 Å². The Morgan fingerprint density at radius 2 is 1.64 bits per heavy atom. The van der Waals surface area contributed by atoms with Crippen molar-refractivity contribution in [1.82, 2.24) is 4.98 Å². The molecule has 4 aromatic rings. The first-order chi connectivity index (χ1) is 31.1. The largest absolute Gasteiger partial charge is 0.508 e. The molecule has 1 aromatic heterocycles. The van der Waals surface area contributed by atoms with Gasteiger partial charge in [0.2, 0.25) is 5.75 Å². The molecule has 3 aromatic carbocycles. The fourth-order valence-electron chi connectivity index (χ4n) is 14.6. The summed E-state index contributed by atoms with van der Waals surface area (Å²) in [5.41, 5.74) is 4.61. The second-order valence-corrected chi connectivity index (χ2v) is 20.8. The normalized spacial score (nSPS) is 34.3. The van der Waals surface area contributed by atoms with Gasteiger partial charge in [0, 0.05) is 47.7 Å². The lowest BCUT2D eigenvalue weighted by molar-refractivity contribution is -0.154. The van der Waals surface area contributed by atoms with E-state index in [2.05, 4.69) is 59.6 Å². The first-order valence-electron chi connectivity index (χ1n) is 24.6. The smallest absolute Gasteiger partial charge is 0.201 e. The molecule has 10 rings (SSSR count). The summed E-state index contributed by atoms with van der Waals surface area (Å²) in [6.45, 7) is -0.523. The van der Waals surface area contributed by atoms with Crippen LogP contribution in [0.3, 0.4) is 0 Å². The molecule has 2 heterocycles. The Morgan fingerprint density at radius 3 is 2.41 bits per heavy atom. The summed E-state index contributed by atoms with van der Waals surface area (Å²) in [5, 5.41) is 69.9. The number of benzene rings is 3. The molecule has 9 heteroatoms. The Kier molecular flexibility index (Phi) is 12.2. The van der Waals surface area contributed by atoms with E-state index in [1.807, 2.05) is 24.5 Å². The number of aliphatic hydroxyl groups excluding tert-OH is 2. The maximum Gasteiger partial charge on any atom is 0.201 e. The van der Waals surface area contributed by atoms with E-state index in [0.29, 0.717) is 53.9 Å². The molecule has 0 spiro atoms. The molecule has 1 saturated heterocycles. The molecule has 7 N–H and O–H groups in total. The van der Waals surface area contributed by atoms with Crippen LogP contribution in [0.25, 0.3) is 0 Å². The highest BCUT2D eigenvalue weighted by atomic mass is 16.5. The molecule has 1 aliphatic heterocycles. The van der Waals surface area contributed by atoms with Gasteiger partial charge in [-0.15, -0.1) is 0 Å². The Morgan fingerprint density at radius 1 is 0.828 bits per heavy atom. The first kappa shape index (κ1) is 43.6. The number of fused-ring (bicyclic) bond motifs is 2. The lowest BCUT2D eigenvalue weighted by atomic mass is 9.51. The van der Waals surface area contributed by atoms with Crippen LogP contribution in [0.4, 0.5) is 0 Å². The molecule has 11 atom stereocenters. The van der Waals surface area contributed by atoms with Gasteiger partial charge in [0.1, 0.15) is 5.75 Å². The minimum atomic E-state index is -1.00. The number of H-pyrrole nitrogens is 1. The Balaban J connectivity index is 0.968. The van der Waals surface area contributed by atoms with E-state index in [1.165, 1.54) is 51.2 Å². The Bertz CT molecular complexity index is 2290. The number of hydrogen-bond donors (Lipinski definition) is 7. The monoisotopic (exact) mass is 872 g/mol. The predicted molar refractivity (Wildman–Crippen MR) is 247 cm³/mol. The second-order valence-electron chi connectivity index (χ2n) is 20.8. The second kappa shape index (κ2) is 17.8. The van der Waals surface area contributed by atoms with Crippen molar-refractivity contribution < 1.29 is 40.1 Å². The topological polar surface area (TPSA) is 156 Å². The van der Waals surface area contributed by atoms with Crippen LogP contribution in [0.5, 0.6) is 23.0 Å². The molecule has 4 saturated carbocycles. The molecule has 0 bridgehead atoms. The number of aromatic amines is 1. The van der Waals surface area contributed by atoms with Gasteiger partial charge >= 0.3 is 0 Å². The van der Waals surface area contributed by atoms with Crippen molar-refractivity contribution in [2.45, 2.75) is 157 Å². The Labute approximate surface area is 378 Å². The molecule has 6 aliphatic rings. The quantitative estimate of drug-likeness (QED) is 0.0614. The molecule has 9 nitrogen and oxygen atoms in total. The van der Waals surface area contributed by atoms with Crippen LogP contribution in [0.15, 0.2) is 79.1 Å². The summed E-state index contributed by atoms with van der Waals surface area (Å²) in [6, 6.07) is 19.1. The highest BCUT2D eigenvalue weighted by molar-refractivity contribution is 5.64. The molecule has 342 valence electrons. The minimum Gasteiger partial charge on any atom is -0.508 e. The van der Waals surface area contributed by atoms with Gasteiger partial charge in [0.15, 0.2) is 11.5 Å². The number of phenolic OH excluding ortho intramolecular Hbond substituents is 2. The lowest BCUT2D eigenvalue weighted by Crippen LogP contribution is -2.53. The van der Waals surface area contributed by atoms with Gasteiger partial charge in [-0.2, -0.15) is 0 Å². The van der Waals surface area contributed by atoms with Crippen molar-refractivity contribution in [3.05, 3.63) is 118 Å². The predicted octanol–water partition coefficient (Wildman–Crippen LogP) is 10.5. The zero-order valence-corrected chi connectivity index (χ0v) is 37.5. The fraction of sp³-hybridized carbons (Fsp3) is 0.564. The third-order valence-electron chi connectivity index (χ3n) is 17.7. The number of phenols is 3. The van der Waals surface area contributed by atoms with Crippen LogP contribution < -0.4 is 4.74 Å². The minimum absolute atomic E-state index is 0.00268. The molecule has 0 radical (unpaired) electrons. The molecule has 5 aliphatic carbocycles. The molecule has 0 amide bonds. The summed E-state index contributed by atoms with van der Waals surface area (Å²) in [4.78, 5) is 3.08. The van der Waals surface area contributed by atoms with Crippen molar-refractivity contribution in [2.75, 3.05) is 7.11 Å². The zero-order valence-electron chi connectivity index (χ0n) is 37.5. The number of nitrogens with one attached hydrogen (secondary N) is 1. The van der Waals surface area contributed by atoms with Crippen LogP contribution in [0.1, 0.15) is 160 Å². The summed E-state index contributed by atoms with van der Waals surface area (Å²) < 4.78 is 12.7. The number of allylic oxidation sites excluding steroid dienone is 1. The van der Waals surface area contributed by atoms with Gasteiger partial charge in [-0.25, -0.2) is 0 Å². The van der Waals surface area contributed by atoms with Crippen LogP contribution in [-0.4, -0.2) is 60.5 Å². The van der Waals surface area contributed by atoms with Gasteiger partial charge in [-0.1, -0.05) is 93.1 Å². The fourth-order valence-corrected chi connectivity index (χ4v) is 14.6. The average molecular weight is 872 g/mol.